The zero-order chi connectivity index (χ0) is 19.8. The number of benzene rings is 1. The molecule has 0 fully saturated rings. The molecule has 2 rings (SSSR count). The Balaban J connectivity index is 2.51. The van der Waals surface area contributed by atoms with Crippen molar-refractivity contribution in [3.05, 3.63) is 47.4 Å². The van der Waals surface area contributed by atoms with E-state index < -0.39 is 44.6 Å². The Bertz CT molecular complexity index is 816. The molecule has 0 saturated heterocycles. The summed E-state index contributed by atoms with van der Waals surface area (Å²) in [7, 11) is -5.97. The highest BCUT2D eigenvalue weighted by atomic mass is 32.2. The molecule has 0 spiro atoms. The van der Waals surface area contributed by atoms with Crippen molar-refractivity contribution in [2.24, 2.45) is 5.92 Å². The Morgan fingerprint density at radius 2 is 1.85 bits per heavy atom. The molecule has 2 atom stereocenters. The SMILES string of the molecule is CCOC(=O)C1=C(OS(=O)(=O)C(F)(F)F)C(C)C(C)(c2ccccc2)O1. The van der Waals surface area contributed by atoms with E-state index >= 15 is 0 Å². The summed E-state index contributed by atoms with van der Waals surface area (Å²) >= 11 is 0. The summed E-state index contributed by atoms with van der Waals surface area (Å²) in [5.41, 5.74) is -6.44. The van der Waals surface area contributed by atoms with Crippen LogP contribution in [-0.4, -0.2) is 26.5 Å². The van der Waals surface area contributed by atoms with Gasteiger partial charge in [0.05, 0.1) is 12.5 Å². The summed E-state index contributed by atoms with van der Waals surface area (Å²) in [5, 5.41) is 0. The first-order valence-corrected chi connectivity index (χ1v) is 9.01. The topological polar surface area (TPSA) is 78.9 Å². The third-order valence-electron chi connectivity index (χ3n) is 4.05. The number of hydrogen-bond donors (Lipinski definition) is 0. The van der Waals surface area contributed by atoms with Gasteiger partial charge in [-0.2, -0.15) is 21.6 Å². The molecule has 1 aliphatic heterocycles. The lowest BCUT2D eigenvalue weighted by Gasteiger charge is -2.30. The highest BCUT2D eigenvalue weighted by Gasteiger charge is 2.55. The van der Waals surface area contributed by atoms with E-state index in [4.69, 9.17) is 9.47 Å². The fourth-order valence-electron chi connectivity index (χ4n) is 2.49. The molecule has 1 aromatic carbocycles. The van der Waals surface area contributed by atoms with Gasteiger partial charge in [0, 0.05) is 0 Å². The molecule has 1 aliphatic rings. The van der Waals surface area contributed by atoms with Crippen molar-refractivity contribution in [3.8, 4) is 0 Å². The van der Waals surface area contributed by atoms with Crippen LogP contribution in [-0.2, 0) is 34.2 Å². The predicted molar refractivity (Wildman–Crippen MR) is 83.8 cm³/mol. The fraction of sp³-hybridized carbons (Fsp3) is 0.438. The van der Waals surface area contributed by atoms with E-state index in [1.54, 1.807) is 30.3 Å². The van der Waals surface area contributed by atoms with E-state index in [1.165, 1.54) is 20.8 Å². The first-order valence-electron chi connectivity index (χ1n) is 7.60. The molecule has 0 N–H and O–H groups in total. The Kier molecular flexibility index (Phi) is 5.27. The average molecular weight is 394 g/mol. The number of hydrogen-bond acceptors (Lipinski definition) is 6. The van der Waals surface area contributed by atoms with Gasteiger partial charge in [0.2, 0.25) is 5.76 Å². The second-order valence-corrected chi connectivity index (χ2v) is 7.23. The van der Waals surface area contributed by atoms with Crippen molar-refractivity contribution in [3.63, 3.8) is 0 Å². The summed E-state index contributed by atoms with van der Waals surface area (Å²) < 4.78 is 75.6. The summed E-state index contributed by atoms with van der Waals surface area (Å²) in [6.45, 7) is 4.32. The Labute approximate surface area is 148 Å². The van der Waals surface area contributed by atoms with Gasteiger partial charge in [0.15, 0.2) is 5.76 Å². The van der Waals surface area contributed by atoms with Crippen molar-refractivity contribution in [2.75, 3.05) is 6.61 Å². The minimum absolute atomic E-state index is 0.0819. The molecule has 144 valence electrons. The maximum atomic E-state index is 12.7. The second-order valence-electron chi connectivity index (χ2n) is 5.69. The zero-order valence-electron chi connectivity index (χ0n) is 14.2. The van der Waals surface area contributed by atoms with Crippen LogP contribution < -0.4 is 0 Å². The fourth-order valence-corrected chi connectivity index (χ4v) is 3.04. The quantitative estimate of drug-likeness (QED) is 0.434. The maximum absolute atomic E-state index is 12.7. The smallest absolute Gasteiger partial charge is 0.472 e. The lowest BCUT2D eigenvalue weighted by molar-refractivity contribution is -0.145. The summed E-state index contributed by atoms with van der Waals surface area (Å²) in [4.78, 5) is 12.1. The minimum atomic E-state index is -5.97. The zero-order valence-corrected chi connectivity index (χ0v) is 15.0. The van der Waals surface area contributed by atoms with Gasteiger partial charge in [-0.15, -0.1) is 0 Å². The van der Waals surface area contributed by atoms with Gasteiger partial charge in [-0.1, -0.05) is 37.3 Å². The number of ether oxygens (including phenoxy) is 2. The third kappa shape index (κ3) is 3.50. The molecular weight excluding hydrogens is 377 g/mol. The van der Waals surface area contributed by atoms with Crippen LogP contribution >= 0.6 is 0 Å². The highest BCUT2D eigenvalue weighted by Crippen LogP contribution is 2.48. The number of esters is 1. The van der Waals surface area contributed by atoms with Crippen molar-refractivity contribution >= 4 is 16.1 Å². The molecule has 0 aromatic heterocycles. The summed E-state index contributed by atoms with van der Waals surface area (Å²) in [6, 6.07) is 8.34. The van der Waals surface area contributed by atoms with E-state index in [1.807, 2.05) is 0 Å². The van der Waals surface area contributed by atoms with Crippen LogP contribution in [0, 0.1) is 5.92 Å². The molecule has 1 heterocycles. The van der Waals surface area contributed by atoms with Crippen molar-refractivity contribution < 1.29 is 40.0 Å². The van der Waals surface area contributed by atoms with Crippen LogP contribution in [0.1, 0.15) is 26.3 Å². The van der Waals surface area contributed by atoms with E-state index in [2.05, 4.69) is 4.18 Å². The Morgan fingerprint density at radius 3 is 2.35 bits per heavy atom. The predicted octanol–water partition coefficient (Wildman–Crippen LogP) is 3.21. The maximum Gasteiger partial charge on any atom is 0.534 e. The molecule has 26 heavy (non-hydrogen) atoms. The van der Waals surface area contributed by atoms with E-state index in [0.29, 0.717) is 5.56 Å². The van der Waals surface area contributed by atoms with Gasteiger partial charge >= 0.3 is 21.6 Å². The van der Waals surface area contributed by atoms with Crippen LogP contribution in [0.5, 0.6) is 0 Å². The minimum Gasteiger partial charge on any atom is -0.472 e. The Hall–Kier alpha value is -2.23. The van der Waals surface area contributed by atoms with Crippen LogP contribution in [0.25, 0.3) is 0 Å². The van der Waals surface area contributed by atoms with E-state index in [-0.39, 0.29) is 6.61 Å². The normalized spacial score (nSPS) is 23.5. The van der Waals surface area contributed by atoms with Gasteiger partial charge in [-0.25, -0.2) is 4.79 Å². The first-order chi connectivity index (χ1) is 11.9. The third-order valence-corrected chi connectivity index (χ3v) is 5.01. The molecular formula is C16H17F3O6S. The first kappa shape index (κ1) is 20.1. The van der Waals surface area contributed by atoms with E-state index in [9.17, 15) is 26.4 Å². The summed E-state index contributed by atoms with van der Waals surface area (Å²) in [6.07, 6.45) is 0. The standard InChI is InChI=1S/C16H17F3O6S/c1-4-23-14(20)13-12(25-26(21,22)16(17,18)19)10(2)15(3,24-13)11-8-6-5-7-9-11/h5-10H,4H2,1-3H3. The monoisotopic (exact) mass is 394 g/mol. The Morgan fingerprint density at radius 1 is 1.27 bits per heavy atom. The van der Waals surface area contributed by atoms with Gasteiger partial charge < -0.3 is 13.7 Å². The lowest BCUT2D eigenvalue weighted by atomic mass is 9.84. The molecule has 6 nitrogen and oxygen atoms in total. The number of carbonyl (C=O) groups is 1. The van der Waals surface area contributed by atoms with Crippen LogP contribution in [0.4, 0.5) is 13.2 Å². The molecule has 0 bridgehead atoms. The largest absolute Gasteiger partial charge is 0.534 e. The van der Waals surface area contributed by atoms with Crippen LogP contribution in [0.3, 0.4) is 0 Å². The molecule has 0 radical (unpaired) electrons. The molecule has 0 aliphatic carbocycles. The van der Waals surface area contributed by atoms with Crippen LogP contribution in [0.15, 0.2) is 41.9 Å². The average Bonchev–Trinajstić information content (AvgIpc) is 2.81. The molecule has 10 heteroatoms. The summed E-state index contributed by atoms with van der Waals surface area (Å²) in [5.74, 6) is -3.56. The number of carbonyl (C=O) groups excluding carboxylic acids is 1. The van der Waals surface area contributed by atoms with Gasteiger partial charge in [-0.05, 0) is 19.4 Å². The number of alkyl halides is 3. The van der Waals surface area contributed by atoms with Gasteiger partial charge in [-0.3, -0.25) is 0 Å². The van der Waals surface area contributed by atoms with Crippen molar-refractivity contribution in [1.82, 2.24) is 0 Å². The lowest BCUT2D eigenvalue weighted by Crippen LogP contribution is -2.31. The van der Waals surface area contributed by atoms with Crippen molar-refractivity contribution in [2.45, 2.75) is 31.9 Å². The molecule has 0 saturated carbocycles. The van der Waals surface area contributed by atoms with Crippen molar-refractivity contribution in [1.29, 1.82) is 0 Å². The number of rotatable bonds is 5. The second kappa shape index (κ2) is 6.82. The molecule has 0 amide bonds. The van der Waals surface area contributed by atoms with Gasteiger partial charge in [0.1, 0.15) is 5.60 Å². The number of halogens is 3. The highest BCUT2D eigenvalue weighted by molar-refractivity contribution is 7.87. The molecule has 1 aromatic rings. The molecule has 2 unspecified atom stereocenters. The van der Waals surface area contributed by atoms with Gasteiger partial charge in [0.25, 0.3) is 0 Å². The van der Waals surface area contributed by atoms with Crippen LogP contribution in [0.2, 0.25) is 0 Å². The van der Waals surface area contributed by atoms with E-state index in [0.717, 1.165) is 0 Å².